The Kier molecular flexibility index (Phi) is 7.87. The van der Waals surface area contributed by atoms with Crippen LogP contribution in [0.1, 0.15) is 48.0 Å². The highest BCUT2D eigenvalue weighted by atomic mass is 35.5. The van der Waals surface area contributed by atoms with E-state index in [-0.39, 0.29) is 18.2 Å². The van der Waals surface area contributed by atoms with Crippen LogP contribution in [-0.2, 0) is 11.3 Å². The van der Waals surface area contributed by atoms with E-state index in [1.165, 1.54) is 7.11 Å². The molecule has 3 aromatic carbocycles. The van der Waals surface area contributed by atoms with Crippen molar-refractivity contribution >= 4 is 40.1 Å². The lowest BCUT2D eigenvalue weighted by Gasteiger charge is -2.12. The van der Waals surface area contributed by atoms with Gasteiger partial charge in [0.25, 0.3) is 0 Å². The highest BCUT2D eigenvalue weighted by molar-refractivity contribution is 6.39. The van der Waals surface area contributed by atoms with Crippen LogP contribution in [0.25, 0.3) is 33.3 Å². The fourth-order valence-electron chi connectivity index (χ4n) is 4.38. The van der Waals surface area contributed by atoms with Crippen LogP contribution in [0.15, 0.2) is 77.3 Å². The molecule has 5 rings (SSSR count). The molecule has 8 heteroatoms. The molecule has 0 bridgehead atoms. The zero-order valence-corrected chi connectivity index (χ0v) is 23.2. The van der Waals surface area contributed by atoms with Gasteiger partial charge in [0.2, 0.25) is 0 Å². The van der Waals surface area contributed by atoms with Crippen molar-refractivity contribution in [3.8, 4) is 28.1 Å². The van der Waals surface area contributed by atoms with Gasteiger partial charge in [-0.05, 0) is 60.0 Å². The van der Waals surface area contributed by atoms with Crippen LogP contribution < -0.4 is 4.74 Å². The van der Waals surface area contributed by atoms with E-state index in [2.05, 4.69) is 24.0 Å². The molecule has 0 aliphatic carbocycles. The largest absolute Gasteiger partial charge is 0.489 e. The lowest BCUT2D eigenvalue weighted by molar-refractivity contribution is 0.0594. The number of esters is 1. The summed E-state index contributed by atoms with van der Waals surface area (Å²) in [6.07, 6.45) is 0.887. The van der Waals surface area contributed by atoms with E-state index in [0.29, 0.717) is 27.1 Å². The number of methoxy groups -OCH3 is 1. The third-order valence-electron chi connectivity index (χ3n) is 6.73. The number of benzene rings is 3. The summed E-state index contributed by atoms with van der Waals surface area (Å²) in [5.74, 6) is 1.16. The monoisotopic (exact) mass is 560 g/mol. The Balaban J connectivity index is 1.38. The van der Waals surface area contributed by atoms with Gasteiger partial charge < -0.3 is 14.0 Å². The van der Waals surface area contributed by atoms with E-state index in [1.807, 2.05) is 48.5 Å². The Hall–Kier alpha value is -3.87. The average molecular weight is 561 g/mol. The molecule has 0 radical (unpaired) electrons. The number of carbonyl (C=O) groups excluding carboxylic acids is 1. The molecule has 0 fully saturated rings. The quantitative estimate of drug-likeness (QED) is 0.176. The first-order chi connectivity index (χ1) is 18.9. The van der Waals surface area contributed by atoms with Crippen LogP contribution in [0.2, 0.25) is 10.0 Å². The summed E-state index contributed by atoms with van der Waals surface area (Å²) in [5, 5.41) is 6.27. The Morgan fingerprint density at radius 3 is 2.38 bits per heavy atom. The number of fused-ring (bicyclic) bond motifs is 1. The van der Waals surface area contributed by atoms with Gasteiger partial charge in [-0.15, -0.1) is 0 Å². The van der Waals surface area contributed by atoms with Crippen LogP contribution in [-0.4, -0.2) is 23.2 Å². The van der Waals surface area contributed by atoms with Gasteiger partial charge in [-0.25, -0.2) is 9.78 Å². The first kappa shape index (κ1) is 26.7. The van der Waals surface area contributed by atoms with Crippen molar-refractivity contribution in [3.05, 3.63) is 99.9 Å². The lowest BCUT2D eigenvalue weighted by Crippen LogP contribution is -2.03. The number of hydrogen-bond acceptors (Lipinski definition) is 6. The van der Waals surface area contributed by atoms with E-state index in [9.17, 15) is 4.79 Å². The summed E-state index contributed by atoms with van der Waals surface area (Å²) in [6, 6.07) is 22.7. The molecule has 0 N–H and O–H groups in total. The van der Waals surface area contributed by atoms with Gasteiger partial charge in [-0.2, -0.15) is 0 Å². The SMILES string of the molecule is CCC(C)c1onc(-c2c(Cl)cccc2Cl)c1COc1ccc(-c2ccc3nc(C(=O)OC)ccc3c2)cc1. The van der Waals surface area contributed by atoms with Gasteiger partial charge in [0.05, 0.1) is 28.2 Å². The fraction of sp³-hybridized carbons (Fsp3) is 0.194. The van der Waals surface area contributed by atoms with E-state index in [0.717, 1.165) is 39.8 Å². The second-order valence-corrected chi connectivity index (χ2v) is 10.0. The minimum Gasteiger partial charge on any atom is -0.489 e. The zero-order valence-electron chi connectivity index (χ0n) is 21.7. The van der Waals surface area contributed by atoms with Gasteiger partial charge in [-0.3, -0.25) is 0 Å². The fourth-order valence-corrected chi connectivity index (χ4v) is 4.95. The van der Waals surface area contributed by atoms with E-state index in [4.69, 9.17) is 37.2 Å². The van der Waals surface area contributed by atoms with E-state index < -0.39 is 5.97 Å². The number of hydrogen-bond donors (Lipinski definition) is 0. The predicted octanol–water partition coefficient (Wildman–Crippen LogP) is 8.74. The summed E-state index contributed by atoms with van der Waals surface area (Å²) in [7, 11) is 1.34. The highest BCUT2D eigenvalue weighted by Gasteiger charge is 2.24. The first-order valence-corrected chi connectivity index (χ1v) is 13.3. The Morgan fingerprint density at radius 2 is 1.69 bits per heavy atom. The van der Waals surface area contributed by atoms with Crippen LogP contribution >= 0.6 is 23.2 Å². The molecule has 0 amide bonds. The van der Waals surface area contributed by atoms with Gasteiger partial charge in [0.1, 0.15) is 29.5 Å². The maximum atomic E-state index is 11.8. The Bertz CT molecular complexity index is 1630. The van der Waals surface area contributed by atoms with Gasteiger partial charge in [-0.1, -0.05) is 72.5 Å². The van der Waals surface area contributed by atoms with E-state index in [1.54, 1.807) is 24.3 Å². The number of rotatable bonds is 8. The van der Waals surface area contributed by atoms with Gasteiger partial charge in [0, 0.05) is 16.9 Å². The summed E-state index contributed by atoms with van der Waals surface area (Å²) < 4.78 is 16.7. The number of halogens is 2. The summed E-state index contributed by atoms with van der Waals surface area (Å²) in [5.41, 5.74) is 5.11. The molecule has 2 heterocycles. The Morgan fingerprint density at radius 1 is 0.974 bits per heavy atom. The maximum absolute atomic E-state index is 11.8. The zero-order chi connectivity index (χ0) is 27.5. The van der Waals surface area contributed by atoms with Crippen LogP contribution in [0.4, 0.5) is 0 Å². The molecule has 39 heavy (non-hydrogen) atoms. The molecule has 1 unspecified atom stereocenters. The van der Waals surface area contributed by atoms with Crippen LogP contribution in [0, 0.1) is 0 Å². The van der Waals surface area contributed by atoms with Crippen molar-refractivity contribution in [2.75, 3.05) is 7.11 Å². The van der Waals surface area contributed by atoms with Crippen molar-refractivity contribution in [1.29, 1.82) is 0 Å². The summed E-state index contributed by atoms with van der Waals surface area (Å²) >= 11 is 13.0. The van der Waals surface area contributed by atoms with Crippen molar-refractivity contribution in [2.24, 2.45) is 0 Å². The molecule has 0 spiro atoms. The molecule has 0 aliphatic rings. The van der Waals surface area contributed by atoms with Crippen molar-refractivity contribution in [2.45, 2.75) is 32.8 Å². The normalized spacial score (nSPS) is 11.9. The number of pyridine rings is 1. The molecule has 198 valence electrons. The maximum Gasteiger partial charge on any atom is 0.356 e. The van der Waals surface area contributed by atoms with Crippen molar-refractivity contribution < 1.29 is 18.8 Å². The third kappa shape index (κ3) is 5.49. The van der Waals surface area contributed by atoms with Gasteiger partial charge >= 0.3 is 5.97 Å². The molecule has 2 aromatic heterocycles. The van der Waals surface area contributed by atoms with Crippen molar-refractivity contribution in [3.63, 3.8) is 0 Å². The first-order valence-electron chi connectivity index (χ1n) is 12.5. The van der Waals surface area contributed by atoms with Crippen molar-refractivity contribution in [1.82, 2.24) is 10.1 Å². The number of aromatic nitrogens is 2. The van der Waals surface area contributed by atoms with E-state index >= 15 is 0 Å². The molecule has 5 aromatic rings. The summed E-state index contributed by atoms with van der Waals surface area (Å²) in [4.78, 5) is 16.2. The van der Waals surface area contributed by atoms with Gasteiger partial charge in [0.15, 0.2) is 0 Å². The second-order valence-electron chi connectivity index (χ2n) is 9.19. The molecular weight excluding hydrogens is 535 g/mol. The standard InChI is InChI=1S/C31H26Cl2N2O4/c1-4-18(2)30-23(29(35-39-30)28-24(32)6-5-7-25(28)33)17-38-22-12-8-19(9-13-22)20-10-14-26-21(16-20)11-15-27(34-26)31(36)37-3/h5-16,18H,4,17H2,1-3H3. The minimum absolute atomic E-state index is 0.152. The molecule has 0 aliphatic heterocycles. The number of nitrogens with zero attached hydrogens (tertiary/aromatic N) is 2. The third-order valence-corrected chi connectivity index (χ3v) is 7.36. The topological polar surface area (TPSA) is 74.5 Å². The predicted molar refractivity (Wildman–Crippen MR) is 154 cm³/mol. The molecule has 1 atom stereocenters. The average Bonchev–Trinajstić information content (AvgIpc) is 3.38. The highest BCUT2D eigenvalue weighted by Crippen LogP contribution is 2.39. The molecule has 0 saturated carbocycles. The Labute approximate surface area is 236 Å². The second kappa shape index (κ2) is 11.5. The molecule has 0 saturated heterocycles. The van der Waals surface area contributed by atoms with Crippen LogP contribution in [0.3, 0.4) is 0 Å². The summed E-state index contributed by atoms with van der Waals surface area (Å²) in [6.45, 7) is 4.44. The number of ether oxygens (including phenoxy) is 2. The smallest absolute Gasteiger partial charge is 0.356 e. The lowest BCUT2D eigenvalue weighted by atomic mass is 9.98. The molecule has 6 nitrogen and oxygen atoms in total. The molecular formula is C31H26Cl2N2O4. The van der Waals surface area contributed by atoms with Crippen LogP contribution in [0.5, 0.6) is 5.75 Å². The minimum atomic E-state index is -0.457. The number of carbonyl (C=O) groups is 1.